The smallest absolute Gasteiger partial charge is 0.416 e. The highest BCUT2D eigenvalue weighted by atomic mass is 32.2. The van der Waals surface area contributed by atoms with Gasteiger partial charge in [0.05, 0.1) is 16.8 Å². The number of anilines is 3. The second-order valence-corrected chi connectivity index (χ2v) is 14.2. The third kappa shape index (κ3) is 4.95. The lowest BCUT2D eigenvalue weighted by atomic mass is 9.79. The minimum absolute atomic E-state index is 0.0288. The highest BCUT2D eigenvalue weighted by Crippen LogP contribution is 2.47. The number of hydrogen-bond donors (Lipinski definition) is 0. The van der Waals surface area contributed by atoms with Crippen molar-refractivity contribution in [3.05, 3.63) is 78.4 Å². The van der Waals surface area contributed by atoms with Crippen LogP contribution in [0.4, 0.5) is 17.1 Å². The van der Waals surface area contributed by atoms with Gasteiger partial charge in [-0.25, -0.2) is 0 Å². The van der Waals surface area contributed by atoms with Crippen molar-refractivity contribution >= 4 is 52.9 Å². The third-order valence-corrected chi connectivity index (χ3v) is 10.3. The molecule has 0 radical (unpaired) electrons. The molecule has 3 aromatic carbocycles. The molecule has 0 aliphatic carbocycles. The van der Waals surface area contributed by atoms with Crippen molar-refractivity contribution in [2.75, 3.05) is 4.90 Å². The van der Waals surface area contributed by atoms with Gasteiger partial charge in [0.25, 0.3) is 0 Å². The molecule has 2 saturated heterocycles. The van der Waals surface area contributed by atoms with E-state index >= 15 is 0 Å². The van der Waals surface area contributed by atoms with Gasteiger partial charge in [-0.2, -0.15) is 11.6 Å². The van der Waals surface area contributed by atoms with Gasteiger partial charge in [0.2, 0.25) is 0 Å². The average Bonchev–Trinajstić information content (AvgIpc) is 3.21. The predicted octanol–water partition coefficient (Wildman–Crippen LogP) is 6.78. The fourth-order valence-electron chi connectivity index (χ4n) is 4.66. The van der Waals surface area contributed by atoms with Gasteiger partial charge in [-0.3, -0.25) is 0 Å². The van der Waals surface area contributed by atoms with Crippen molar-refractivity contribution in [3.8, 4) is 0 Å². The number of aryl methyl sites for hydroxylation is 1. The molecule has 198 valence electrons. The van der Waals surface area contributed by atoms with Gasteiger partial charge >= 0.3 is 13.3 Å². The molecule has 3 aromatic rings. The fraction of sp³-hybridized carbons (Fsp3) is 0.419. The van der Waals surface area contributed by atoms with Crippen LogP contribution in [0.2, 0.25) is 0 Å². The second kappa shape index (κ2) is 9.48. The number of benzene rings is 3. The van der Waals surface area contributed by atoms with Crippen LogP contribution in [0.25, 0.3) is 0 Å². The molecule has 38 heavy (non-hydrogen) atoms. The van der Waals surface area contributed by atoms with Gasteiger partial charge in [0, 0.05) is 21.8 Å². The monoisotopic (exact) mass is 527 g/mol. The summed E-state index contributed by atoms with van der Waals surface area (Å²) < 4.78 is 19.0. The molecule has 0 bridgehead atoms. The summed E-state index contributed by atoms with van der Waals surface area (Å²) in [6, 6.07) is 26.0. The summed E-state index contributed by atoms with van der Waals surface area (Å²) in [5, 5.41) is 0. The normalized spacial score (nSPS) is 21.1. The van der Waals surface area contributed by atoms with Crippen LogP contribution in [0, 0.1) is 6.92 Å². The van der Waals surface area contributed by atoms with Crippen molar-refractivity contribution in [2.24, 2.45) is 0 Å². The Kier molecular flexibility index (Phi) is 6.83. The van der Waals surface area contributed by atoms with Crippen LogP contribution in [0.1, 0.15) is 61.0 Å². The number of hydrogen-bond acceptors (Lipinski definition) is 5. The average molecular weight is 527 g/mol. The van der Waals surface area contributed by atoms with Crippen molar-refractivity contribution in [1.82, 2.24) is 0 Å². The van der Waals surface area contributed by atoms with E-state index < -0.39 is 0 Å². The molecule has 2 aliphatic heterocycles. The van der Waals surface area contributed by atoms with E-state index in [1.807, 2.05) is 11.6 Å². The van der Waals surface area contributed by atoms with Crippen LogP contribution in [-0.4, -0.2) is 34.9 Å². The maximum atomic E-state index is 6.45. The lowest BCUT2D eigenvalue weighted by molar-refractivity contribution is 0.00578. The molecule has 0 amide bonds. The zero-order valence-electron chi connectivity index (χ0n) is 24.2. The molecule has 2 heterocycles. The molecule has 2 fully saturated rings. The minimum atomic E-state index is -0.376. The molecule has 0 N–H and O–H groups in total. The van der Waals surface area contributed by atoms with Crippen LogP contribution in [0.5, 0.6) is 0 Å². The zero-order valence-corrected chi connectivity index (χ0v) is 25.0. The Morgan fingerprint density at radius 2 is 0.974 bits per heavy atom. The van der Waals surface area contributed by atoms with Crippen molar-refractivity contribution in [1.29, 1.82) is 0 Å². The molecule has 0 aromatic heterocycles. The number of nitrogens with zero attached hydrogens (tertiary/aromatic N) is 1. The highest BCUT2D eigenvalue weighted by Gasteiger charge is 2.52. The maximum absolute atomic E-state index is 6.45. The van der Waals surface area contributed by atoms with Gasteiger partial charge in [-0.05, 0) is 110 Å². The maximum Gasteiger partial charge on any atom is 0.494 e. The SMILES string of the molecule is Cc1ccc(N(c2ccc(B3OC(C)(C)C(C)(C)O3)cc2)c2ccc(B3OC(C)(C)C(C)(C)S3)cc2)cc1. The van der Waals surface area contributed by atoms with Crippen molar-refractivity contribution < 1.29 is 14.0 Å². The van der Waals surface area contributed by atoms with Gasteiger partial charge in [-0.15, -0.1) is 0 Å². The summed E-state index contributed by atoms with van der Waals surface area (Å²) in [5.41, 5.74) is 5.83. The largest absolute Gasteiger partial charge is 0.494 e. The molecule has 0 saturated carbocycles. The quantitative estimate of drug-likeness (QED) is 0.342. The molecule has 0 spiro atoms. The Labute approximate surface area is 233 Å². The molecular weight excluding hydrogens is 488 g/mol. The van der Waals surface area contributed by atoms with E-state index in [4.69, 9.17) is 14.0 Å². The molecule has 5 rings (SSSR count). The topological polar surface area (TPSA) is 30.9 Å². The Balaban J connectivity index is 1.44. The van der Waals surface area contributed by atoms with Crippen LogP contribution >= 0.6 is 11.6 Å². The van der Waals surface area contributed by atoms with Gasteiger partial charge < -0.3 is 18.9 Å². The third-order valence-electron chi connectivity index (χ3n) is 8.65. The highest BCUT2D eigenvalue weighted by molar-refractivity contribution is 8.27. The first-order valence-electron chi connectivity index (χ1n) is 13.5. The number of rotatable bonds is 5. The summed E-state index contributed by atoms with van der Waals surface area (Å²) in [4.78, 5) is 2.29. The first-order chi connectivity index (χ1) is 17.7. The molecule has 0 unspecified atom stereocenters. The van der Waals surface area contributed by atoms with Crippen LogP contribution in [0.3, 0.4) is 0 Å². The van der Waals surface area contributed by atoms with E-state index in [0.717, 1.165) is 22.5 Å². The van der Waals surface area contributed by atoms with Gasteiger partial charge in [0.15, 0.2) is 0 Å². The molecule has 0 atom stereocenters. The minimum Gasteiger partial charge on any atom is -0.416 e. The first-order valence-corrected chi connectivity index (χ1v) is 14.4. The van der Waals surface area contributed by atoms with E-state index in [0.29, 0.717) is 0 Å². The summed E-state index contributed by atoms with van der Waals surface area (Å²) >= 11 is 1.89. The van der Waals surface area contributed by atoms with E-state index in [1.54, 1.807) is 0 Å². The Hall–Kier alpha value is -2.18. The summed E-state index contributed by atoms with van der Waals surface area (Å²) in [6.07, 6.45) is 0.0288. The summed E-state index contributed by atoms with van der Waals surface area (Å²) in [6.45, 7) is 19.3. The van der Waals surface area contributed by atoms with Gasteiger partial charge in [0.1, 0.15) is 0 Å². The lowest BCUT2D eigenvalue weighted by Gasteiger charge is -2.32. The first kappa shape index (κ1) is 27.4. The summed E-state index contributed by atoms with van der Waals surface area (Å²) in [5.74, 6) is 0. The Bertz CT molecular complexity index is 1180. The van der Waals surface area contributed by atoms with E-state index in [-0.39, 0.29) is 34.9 Å². The Morgan fingerprint density at radius 3 is 1.39 bits per heavy atom. The zero-order chi connectivity index (χ0) is 27.5. The van der Waals surface area contributed by atoms with Gasteiger partial charge in [-0.1, -0.05) is 42.0 Å². The van der Waals surface area contributed by atoms with E-state index in [9.17, 15) is 0 Å². The predicted molar refractivity (Wildman–Crippen MR) is 164 cm³/mol. The lowest BCUT2D eigenvalue weighted by Crippen LogP contribution is -2.41. The molecule has 4 nitrogen and oxygen atoms in total. The standard InChI is InChI=1S/C31H39B2NO3S/c1-22-10-16-25(17-11-22)34(26-18-12-23(13-19-26)32-35-28(2,3)29(4,5)36-32)27-20-14-24(15-21-27)33-37-30(6,7)31(8,9)38-33/h10-21H,1-9H3. The van der Waals surface area contributed by atoms with Crippen LogP contribution in [0.15, 0.2) is 72.8 Å². The van der Waals surface area contributed by atoms with Crippen molar-refractivity contribution in [2.45, 2.75) is 83.9 Å². The second-order valence-electron chi connectivity index (χ2n) is 12.5. The van der Waals surface area contributed by atoms with Crippen molar-refractivity contribution in [3.63, 3.8) is 0 Å². The molecular formula is C31H39B2NO3S. The fourth-order valence-corrected chi connectivity index (χ4v) is 6.11. The molecule has 7 heteroatoms. The van der Waals surface area contributed by atoms with Crippen LogP contribution < -0.4 is 15.8 Å². The summed E-state index contributed by atoms with van der Waals surface area (Å²) in [7, 11) is -0.376. The molecule has 2 aliphatic rings. The van der Waals surface area contributed by atoms with E-state index in [2.05, 4.69) is 140 Å². The van der Waals surface area contributed by atoms with E-state index in [1.165, 1.54) is 11.0 Å². The van der Waals surface area contributed by atoms with Crippen LogP contribution in [-0.2, 0) is 14.0 Å². The Morgan fingerprint density at radius 1 is 0.553 bits per heavy atom.